The highest BCUT2D eigenvalue weighted by Crippen LogP contribution is 2.35. The summed E-state index contributed by atoms with van der Waals surface area (Å²) in [4.78, 5) is 15.3. The summed E-state index contributed by atoms with van der Waals surface area (Å²) >= 11 is 6.81. The van der Waals surface area contributed by atoms with Crippen LogP contribution in [0.25, 0.3) is 6.08 Å². The predicted octanol–water partition coefficient (Wildman–Crippen LogP) is 6.18. The van der Waals surface area contributed by atoms with Gasteiger partial charge in [0.25, 0.3) is 5.91 Å². The average molecular weight is 476 g/mol. The van der Waals surface area contributed by atoms with Gasteiger partial charge in [0.05, 0.1) is 24.7 Å². The van der Waals surface area contributed by atoms with Crippen molar-refractivity contribution in [2.45, 2.75) is 13.5 Å². The molecule has 0 bridgehead atoms. The van der Waals surface area contributed by atoms with Gasteiger partial charge in [-0.2, -0.15) is 0 Å². The molecule has 1 aliphatic rings. The third-order valence-electron chi connectivity index (χ3n) is 5.06. The van der Waals surface area contributed by atoms with Crippen molar-refractivity contribution in [2.75, 3.05) is 13.2 Å². The molecule has 1 fully saturated rings. The van der Waals surface area contributed by atoms with Crippen LogP contribution in [-0.4, -0.2) is 28.3 Å². The van der Waals surface area contributed by atoms with Crippen molar-refractivity contribution in [1.29, 1.82) is 0 Å². The van der Waals surface area contributed by atoms with Gasteiger partial charge < -0.3 is 9.47 Å². The van der Waals surface area contributed by atoms with Crippen LogP contribution >= 0.6 is 24.0 Å². The number of para-hydroxylation sites is 2. The van der Waals surface area contributed by atoms with Gasteiger partial charge in [-0.15, -0.1) is 0 Å². The molecule has 0 spiro atoms. The van der Waals surface area contributed by atoms with E-state index < -0.39 is 0 Å². The van der Waals surface area contributed by atoms with Crippen LogP contribution in [-0.2, 0) is 11.3 Å². The second kappa shape index (κ2) is 11.2. The largest absolute Gasteiger partial charge is 0.493 e. The number of nitrogens with zero attached hydrogens (tertiary/aromatic N) is 1. The number of carbonyl (C=O) groups is 1. The molecule has 3 aromatic carbocycles. The van der Waals surface area contributed by atoms with Crippen LogP contribution in [0.4, 0.5) is 0 Å². The van der Waals surface area contributed by atoms with Crippen molar-refractivity contribution >= 4 is 40.3 Å². The Labute approximate surface area is 204 Å². The topological polar surface area (TPSA) is 38.8 Å². The van der Waals surface area contributed by atoms with Crippen molar-refractivity contribution in [3.8, 4) is 11.5 Å². The number of ether oxygens (including phenoxy) is 2. The van der Waals surface area contributed by atoms with E-state index in [2.05, 4.69) is 6.92 Å². The molecule has 0 saturated carbocycles. The minimum absolute atomic E-state index is 0.0757. The number of carbonyl (C=O) groups excluding carboxylic acids is 1. The molecule has 4 nitrogen and oxygen atoms in total. The highest BCUT2D eigenvalue weighted by atomic mass is 32.2. The lowest BCUT2D eigenvalue weighted by molar-refractivity contribution is -0.122. The molecule has 4 rings (SSSR count). The first-order chi connectivity index (χ1) is 16.1. The number of rotatable bonds is 9. The highest BCUT2D eigenvalue weighted by Gasteiger charge is 2.32. The Kier molecular flexibility index (Phi) is 7.81. The Morgan fingerprint density at radius 1 is 0.909 bits per heavy atom. The van der Waals surface area contributed by atoms with E-state index in [9.17, 15) is 4.79 Å². The summed E-state index contributed by atoms with van der Waals surface area (Å²) in [6, 6.07) is 27.4. The number of hydrogen-bond acceptors (Lipinski definition) is 5. The fourth-order valence-electron chi connectivity index (χ4n) is 3.31. The van der Waals surface area contributed by atoms with E-state index in [0.717, 1.165) is 22.6 Å². The first-order valence-electron chi connectivity index (χ1n) is 10.8. The van der Waals surface area contributed by atoms with E-state index in [-0.39, 0.29) is 11.8 Å². The third kappa shape index (κ3) is 6.24. The maximum Gasteiger partial charge on any atom is 0.266 e. The molecule has 0 radical (unpaired) electrons. The molecule has 1 aliphatic heterocycles. The van der Waals surface area contributed by atoms with Crippen LogP contribution in [0.15, 0.2) is 89.8 Å². The quantitative estimate of drug-likeness (QED) is 0.273. The predicted molar refractivity (Wildman–Crippen MR) is 138 cm³/mol. The Hall–Kier alpha value is -3.09. The minimum atomic E-state index is -0.0757. The van der Waals surface area contributed by atoms with Gasteiger partial charge in [-0.05, 0) is 29.8 Å². The van der Waals surface area contributed by atoms with E-state index in [4.69, 9.17) is 21.7 Å². The molecule has 0 aromatic heterocycles. The van der Waals surface area contributed by atoms with Crippen LogP contribution in [0.3, 0.4) is 0 Å². The van der Waals surface area contributed by atoms with E-state index in [0.29, 0.717) is 29.0 Å². The first-order valence-corrected chi connectivity index (χ1v) is 12.0. The zero-order valence-corrected chi connectivity index (χ0v) is 20.0. The summed E-state index contributed by atoms with van der Waals surface area (Å²) in [7, 11) is 0. The van der Waals surface area contributed by atoms with Crippen molar-refractivity contribution in [2.24, 2.45) is 5.92 Å². The Balaban J connectivity index is 1.39. The summed E-state index contributed by atoms with van der Waals surface area (Å²) in [5, 5.41) is 0. The van der Waals surface area contributed by atoms with Gasteiger partial charge in [0.1, 0.15) is 15.8 Å². The zero-order chi connectivity index (χ0) is 23.0. The molecule has 3 aromatic rings. The molecule has 1 saturated heterocycles. The second-order valence-electron chi connectivity index (χ2n) is 7.83. The average Bonchev–Trinajstić information content (AvgIpc) is 3.11. The molecule has 1 atom stereocenters. The van der Waals surface area contributed by atoms with Crippen LogP contribution in [0, 0.1) is 5.92 Å². The molecule has 33 heavy (non-hydrogen) atoms. The lowest BCUT2D eigenvalue weighted by Crippen LogP contribution is -2.27. The summed E-state index contributed by atoms with van der Waals surface area (Å²) in [5.41, 5.74) is 1.90. The number of hydrogen-bond donors (Lipinski definition) is 0. The van der Waals surface area contributed by atoms with Gasteiger partial charge >= 0.3 is 0 Å². The molecular weight excluding hydrogens is 450 g/mol. The number of amides is 1. The summed E-state index contributed by atoms with van der Waals surface area (Å²) in [6.45, 7) is 3.62. The Bertz CT molecular complexity index is 1130. The van der Waals surface area contributed by atoms with Gasteiger partial charge in [0.15, 0.2) is 0 Å². The molecule has 6 heteroatoms. The van der Waals surface area contributed by atoms with Gasteiger partial charge in [-0.1, -0.05) is 97.6 Å². The minimum Gasteiger partial charge on any atom is -0.493 e. The third-order valence-corrected chi connectivity index (χ3v) is 6.44. The SMILES string of the molecule is C[C@H](COc1ccccc1)COc1ccccc1/C=C1\SC(=S)N(Cc2ccccc2)C1=O. The summed E-state index contributed by atoms with van der Waals surface area (Å²) in [6.07, 6.45) is 1.87. The van der Waals surface area contributed by atoms with Crippen LogP contribution in [0.1, 0.15) is 18.1 Å². The monoisotopic (exact) mass is 475 g/mol. The fourth-order valence-corrected chi connectivity index (χ4v) is 4.56. The summed E-state index contributed by atoms with van der Waals surface area (Å²) < 4.78 is 12.5. The van der Waals surface area contributed by atoms with Gasteiger partial charge in [0, 0.05) is 11.5 Å². The molecule has 1 amide bonds. The second-order valence-corrected chi connectivity index (χ2v) is 9.51. The van der Waals surface area contributed by atoms with E-state index in [1.54, 1.807) is 4.90 Å². The smallest absolute Gasteiger partial charge is 0.266 e. The van der Waals surface area contributed by atoms with Crippen molar-refractivity contribution in [3.05, 3.63) is 101 Å². The van der Waals surface area contributed by atoms with E-state index >= 15 is 0 Å². The highest BCUT2D eigenvalue weighted by molar-refractivity contribution is 8.26. The molecule has 1 heterocycles. The fraction of sp³-hybridized carbons (Fsp3) is 0.185. The van der Waals surface area contributed by atoms with Crippen molar-refractivity contribution in [1.82, 2.24) is 4.90 Å². The van der Waals surface area contributed by atoms with Crippen LogP contribution < -0.4 is 9.47 Å². The normalized spacial score (nSPS) is 15.7. The van der Waals surface area contributed by atoms with Crippen LogP contribution in [0.5, 0.6) is 11.5 Å². The number of thioether (sulfide) groups is 1. The maximum atomic E-state index is 13.0. The standard InChI is InChI=1S/C27H25NO3S2/c1-20(18-30-23-13-6-3-7-14-23)19-31-24-15-9-8-12-22(24)16-25-26(29)28(27(32)33-25)17-21-10-4-2-5-11-21/h2-16,20H,17-19H2,1H3/b25-16-/t20-/m1/s1. The maximum absolute atomic E-state index is 13.0. The first kappa shape index (κ1) is 23.1. The van der Waals surface area contributed by atoms with Gasteiger partial charge in [0.2, 0.25) is 0 Å². The van der Waals surface area contributed by atoms with Gasteiger partial charge in [-0.3, -0.25) is 9.69 Å². The molecule has 168 valence electrons. The van der Waals surface area contributed by atoms with Crippen molar-refractivity contribution < 1.29 is 14.3 Å². The van der Waals surface area contributed by atoms with Crippen LogP contribution in [0.2, 0.25) is 0 Å². The van der Waals surface area contributed by atoms with E-state index in [1.807, 2.05) is 91.0 Å². The van der Waals surface area contributed by atoms with E-state index in [1.165, 1.54) is 11.8 Å². The molecule has 0 aliphatic carbocycles. The zero-order valence-electron chi connectivity index (χ0n) is 18.3. The number of benzene rings is 3. The molecule has 0 N–H and O–H groups in total. The van der Waals surface area contributed by atoms with Gasteiger partial charge in [-0.25, -0.2) is 0 Å². The molecular formula is C27H25NO3S2. The molecule has 0 unspecified atom stereocenters. The summed E-state index contributed by atoms with van der Waals surface area (Å²) in [5.74, 6) is 1.70. The lowest BCUT2D eigenvalue weighted by atomic mass is 10.1. The number of thiocarbonyl (C=S) groups is 1. The Morgan fingerprint density at radius 2 is 1.55 bits per heavy atom. The van der Waals surface area contributed by atoms with Crippen molar-refractivity contribution in [3.63, 3.8) is 0 Å². The Morgan fingerprint density at radius 3 is 2.30 bits per heavy atom. The lowest BCUT2D eigenvalue weighted by Gasteiger charge is -2.16.